The van der Waals surface area contributed by atoms with Gasteiger partial charge in [-0.3, -0.25) is 14.2 Å². The number of methoxy groups -OCH3 is 1. The first kappa shape index (κ1) is 24.9. The van der Waals surface area contributed by atoms with Crippen LogP contribution in [0.1, 0.15) is 37.9 Å². The van der Waals surface area contributed by atoms with Crippen LogP contribution >= 0.6 is 27.3 Å². The van der Waals surface area contributed by atoms with Crippen molar-refractivity contribution < 1.29 is 14.6 Å². The topological polar surface area (TPSA) is 84.1 Å². The molecule has 0 fully saturated rings. The lowest BCUT2D eigenvalue weighted by Gasteiger charge is -2.29. The number of phenols is 1. The molecular formula is C26H26BrN3O4S. The number of para-hydroxylation sites is 1. The molecule has 1 aromatic heterocycles. The summed E-state index contributed by atoms with van der Waals surface area (Å²) in [5.74, 6) is 0.483. The molecule has 0 unspecified atom stereocenters. The van der Waals surface area contributed by atoms with Crippen molar-refractivity contribution in [2.75, 3.05) is 20.2 Å². The summed E-state index contributed by atoms with van der Waals surface area (Å²) in [4.78, 5) is 34.3. The predicted molar refractivity (Wildman–Crippen MR) is 140 cm³/mol. The number of amides is 1. The first-order valence-electron chi connectivity index (χ1n) is 11.2. The number of halogens is 1. The smallest absolute Gasteiger partial charge is 0.271 e. The van der Waals surface area contributed by atoms with Crippen LogP contribution in [-0.4, -0.2) is 40.7 Å². The normalized spacial score (nSPS) is 15.6. The van der Waals surface area contributed by atoms with Crippen molar-refractivity contribution in [1.82, 2.24) is 9.47 Å². The summed E-state index contributed by atoms with van der Waals surface area (Å²) in [6.45, 7) is 6.73. The van der Waals surface area contributed by atoms with E-state index in [-0.39, 0.29) is 17.2 Å². The molecule has 182 valence electrons. The molecule has 0 bridgehead atoms. The number of ether oxygens (including phenoxy) is 1. The van der Waals surface area contributed by atoms with E-state index >= 15 is 0 Å². The number of allylic oxidation sites excluding steroid dienone is 1. The molecule has 1 aliphatic rings. The van der Waals surface area contributed by atoms with Crippen molar-refractivity contribution in [2.45, 2.75) is 26.8 Å². The first-order valence-corrected chi connectivity index (χ1v) is 12.8. The maximum absolute atomic E-state index is 13.8. The number of aromatic nitrogens is 1. The van der Waals surface area contributed by atoms with Crippen LogP contribution < -0.4 is 19.6 Å². The van der Waals surface area contributed by atoms with Gasteiger partial charge in [-0.25, -0.2) is 4.99 Å². The van der Waals surface area contributed by atoms with E-state index in [0.29, 0.717) is 50.6 Å². The molecule has 4 rings (SSSR count). The van der Waals surface area contributed by atoms with Gasteiger partial charge >= 0.3 is 0 Å². The van der Waals surface area contributed by atoms with Crippen LogP contribution in [0.5, 0.6) is 11.5 Å². The van der Waals surface area contributed by atoms with E-state index in [1.807, 2.05) is 38.1 Å². The van der Waals surface area contributed by atoms with Gasteiger partial charge in [-0.1, -0.05) is 45.5 Å². The summed E-state index contributed by atoms with van der Waals surface area (Å²) in [6, 6.07) is 11.7. The standard InChI is InChI=1S/C26H26BrN3O4S/c1-5-29(6-2)25(33)22-15(3)28-26-30(23(22)18-9-7-8-10-20(18)34-4)24(32)21(35-26)14-16-13-17(27)11-12-19(16)31/h7-14,23,31H,5-6H2,1-4H3/b21-14+/t23-/m1/s1. The summed E-state index contributed by atoms with van der Waals surface area (Å²) in [5.41, 5.74) is 1.94. The third-order valence-electron chi connectivity index (χ3n) is 6.01. The third-order valence-corrected chi connectivity index (χ3v) is 7.49. The highest BCUT2D eigenvalue weighted by atomic mass is 79.9. The predicted octanol–water partition coefficient (Wildman–Crippen LogP) is 3.58. The van der Waals surface area contributed by atoms with Crippen molar-refractivity contribution in [3.8, 4) is 11.5 Å². The van der Waals surface area contributed by atoms with E-state index in [1.165, 1.54) is 11.3 Å². The highest BCUT2D eigenvalue weighted by Crippen LogP contribution is 2.36. The van der Waals surface area contributed by atoms with Crippen LogP contribution in [0.4, 0.5) is 0 Å². The molecule has 0 spiro atoms. The molecule has 7 nitrogen and oxygen atoms in total. The molecule has 0 aliphatic carbocycles. The van der Waals surface area contributed by atoms with Crippen molar-refractivity contribution in [2.24, 2.45) is 4.99 Å². The van der Waals surface area contributed by atoms with Gasteiger partial charge in [0.05, 0.1) is 22.9 Å². The zero-order chi connectivity index (χ0) is 25.3. The van der Waals surface area contributed by atoms with E-state index in [2.05, 4.69) is 20.9 Å². The number of nitrogens with zero attached hydrogens (tertiary/aromatic N) is 3. The second-order valence-electron chi connectivity index (χ2n) is 8.00. The maximum atomic E-state index is 13.8. The van der Waals surface area contributed by atoms with Crippen molar-refractivity contribution >= 4 is 39.2 Å². The molecule has 2 heterocycles. The van der Waals surface area contributed by atoms with Crippen LogP contribution in [0.2, 0.25) is 0 Å². The summed E-state index contributed by atoms with van der Waals surface area (Å²) < 4.78 is 8.37. The Bertz CT molecular complexity index is 1500. The van der Waals surface area contributed by atoms with Crippen molar-refractivity contribution in [3.63, 3.8) is 0 Å². The Morgan fingerprint density at radius 2 is 1.97 bits per heavy atom. The number of likely N-dealkylation sites (N-methyl/N-ethyl adjacent to an activating group) is 1. The lowest BCUT2D eigenvalue weighted by molar-refractivity contribution is -0.127. The largest absolute Gasteiger partial charge is 0.507 e. The number of aromatic hydroxyl groups is 1. The van der Waals surface area contributed by atoms with Gasteiger partial charge in [0.15, 0.2) is 4.80 Å². The molecule has 35 heavy (non-hydrogen) atoms. The van der Waals surface area contributed by atoms with Gasteiger partial charge in [0, 0.05) is 28.7 Å². The number of thiazole rings is 1. The zero-order valence-electron chi connectivity index (χ0n) is 19.9. The molecule has 0 radical (unpaired) electrons. The lowest BCUT2D eigenvalue weighted by atomic mass is 9.94. The number of fused-ring (bicyclic) bond motifs is 1. The van der Waals surface area contributed by atoms with Gasteiger partial charge in [-0.2, -0.15) is 0 Å². The molecule has 3 aromatic rings. The van der Waals surface area contributed by atoms with E-state index in [9.17, 15) is 14.7 Å². The lowest BCUT2D eigenvalue weighted by Crippen LogP contribution is -2.43. The Balaban J connectivity index is 2.02. The SMILES string of the molecule is CCN(CC)C(=O)C1=C(C)N=c2s/c(=C/c3cc(Br)ccc3O)c(=O)n2[C@@H]1c1ccccc1OC. The fraction of sp³-hybridized carbons (Fsp3) is 0.269. The summed E-state index contributed by atoms with van der Waals surface area (Å²) in [7, 11) is 1.57. The minimum Gasteiger partial charge on any atom is -0.507 e. The van der Waals surface area contributed by atoms with Crippen LogP contribution in [0.15, 0.2) is 68.0 Å². The quantitative estimate of drug-likeness (QED) is 0.503. The van der Waals surface area contributed by atoms with Crippen molar-refractivity contribution in [3.05, 3.63) is 89.0 Å². The number of hydrogen-bond acceptors (Lipinski definition) is 6. The monoisotopic (exact) mass is 555 g/mol. The number of carbonyl (C=O) groups excluding carboxylic acids is 1. The first-order chi connectivity index (χ1) is 16.8. The fourth-order valence-electron chi connectivity index (χ4n) is 4.25. The second-order valence-corrected chi connectivity index (χ2v) is 9.93. The Morgan fingerprint density at radius 1 is 1.26 bits per heavy atom. The van der Waals surface area contributed by atoms with Crippen LogP contribution in [0.3, 0.4) is 0 Å². The average molecular weight is 556 g/mol. The molecule has 1 N–H and O–H groups in total. The van der Waals surface area contributed by atoms with Crippen LogP contribution in [0.25, 0.3) is 6.08 Å². The molecule has 1 amide bonds. The molecule has 2 aromatic carbocycles. The zero-order valence-corrected chi connectivity index (χ0v) is 22.3. The minimum atomic E-state index is -0.700. The molecule has 1 aliphatic heterocycles. The van der Waals surface area contributed by atoms with E-state index < -0.39 is 6.04 Å². The van der Waals surface area contributed by atoms with E-state index in [1.54, 1.807) is 47.8 Å². The number of rotatable bonds is 6. The molecular weight excluding hydrogens is 530 g/mol. The van der Waals surface area contributed by atoms with Gasteiger partial charge in [0.1, 0.15) is 17.5 Å². The van der Waals surface area contributed by atoms with Gasteiger partial charge < -0.3 is 14.7 Å². The van der Waals surface area contributed by atoms with Crippen molar-refractivity contribution in [1.29, 1.82) is 0 Å². The molecule has 0 saturated heterocycles. The van der Waals surface area contributed by atoms with Gasteiger partial charge in [0.25, 0.3) is 11.5 Å². The third kappa shape index (κ3) is 4.58. The summed E-state index contributed by atoms with van der Waals surface area (Å²) in [6.07, 6.45) is 1.65. The van der Waals surface area contributed by atoms with Gasteiger partial charge in [0.2, 0.25) is 0 Å². The number of hydrogen-bond donors (Lipinski definition) is 1. The number of carbonyl (C=O) groups is 1. The minimum absolute atomic E-state index is 0.0638. The van der Waals surface area contributed by atoms with Crippen LogP contribution in [0, 0.1) is 0 Å². The highest BCUT2D eigenvalue weighted by molar-refractivity contribution is 9.10. The Hall–Kier alpha value is -3.17. The summed E-state index contributed by atoms with van der Waals surface area (Å²) in [5, 5.41) is 10.3. The average Bonchev–Trinajstić information content (AvgIpc) is 3.15. The Morgan fingerprint density at radius 3 is 2.66 bits per heavy atom. The Labute approximate surface area is 215 Å². The van der Waals surface area contributed by atoms with Gasteiger partial charge in [-0.05, 0) is 51.1 Å². The van der Waals surface area contributed by atoms with E-state index in [4.69, 9.17) is 4.74 Å². The molecule has 1 atom stereocenters. The van der Waals surface area contributed by atoms with Gasteiger partial charge in [-0.15, -0.1) is 0 Å². The highest BCUT2D eigenvalue weighted by Gasteiger charge is 2.35. The van der Waals surface area contributed by atoms with E-state index in [0.717, 1.165) is 4.47 Å². The van der Waals surface area contributed by atoms with Crippen LogP contribution in [-0.2, 0) is 4.79 Å². The second kappa shape index (κ2) is 10.2. The summed E-state index contributed by atoms with van der Waals surface area (Å²) >= 11 is 4.63. The molecule has 0 saturated carbocycles. The molecule has 9 heteroatoms. The Kier molecular flexibility index (Phi) is 7.28. The maximum Gasteiger partial charge on any atom is 0.271 e. The number of phenolic OH excluding ortho intramolecular Hbond substituents is 1. The number of benzene rings is 2. The fourth-order valence-corrected chi connectivity index (χ4v) is 5.66.